The topological polar surface area (TPSA) is 29.1 Å². The summed E-state index contributed by atoms with van der Waals surface area (Å²) in [6.07, 6.45) is 0. The van der Waals surface area contributed by atoms with Crippen LogP contribution in [-0.2, 0) is 6.54 Å². The molecule has 2 nitrogen and oxygen atoms in total. The number of hydrogen-bond acceptors (Lipinski definition) is 1. The first kappa shape index (κ1) is 15.9. The molecule has 0 aliphatic heterocycles. The van der Waals surface area contributed by atoms with Crippen LogP contribution in [0.3, 0.4) is 0 Å². The highest BCUT2D eigenvalue weighted by Crippen LogP contribution is 2.21. The zero-order valence-corrected chi connectivity index (χ0v) is 13.5. The summed E-state index contributed by atoms with van der Waals surface area (Å²) in [4.78, 5) is 12.1. The van der Waals surface area contributed by atoms with Crippen molar-refractivity contribution in [2.75, 3.05) is 0 Å². The largest absolute Gasteiger partial charge is 0.348 e. The minimum Gasteiger partial charge on any atom is -0.348 e. The van der Waals surface area contributed by atoms with Gasteiger partial charge in [-0.3, -0.25) is 4.79 Å². The average Bonchev–Trinajstić information content (AvgIpc) is 2.45. The number of carbonyl (C=O) groups is 1. The third-order valence-corrected chi connectivity index (χ3v) is 3.82. The molecule has 2 aromatic carbocycles. The SMILES string of the molecule is CC(C)c1ccc(CNC(=O)c2ccc(Cl)cc2Cl)cc1. The van der Waals surface area contributed by atoms with Crippen LogP contribution < -0.4 is 5.32 Å². The molecule has 1 N–H and O–H groups in total. The van der Waals surface area contributed by atoms with Gasteiger partial charge in [0.25, 0.3) is 5.91 Å². The molecule has 4 heteroatoms. The van der Waals surface area contributed by atoms with E-state index in [1.807, 2.05) is 12.1 Å². The van der Waals surface area contributed by atoms with Gasteiger partial charge >= 0.3 is 0 Å². The normalized spacial score (nSPS) is 10.7. The molecule has 0 bridgehead atoms. The maximum absolute atomic E-state index is 12.1. The van der Waals surface area contributed by atoms with Gasteiger partial charge in [-0.2, -0.15) is 0 Å². The van der Waals surface area contributed by atoms with Crippen molar-refractivity contribution in [1.29, 1.82) is 0 Å². The Morgan fingerprint density at radius 1 is 1.10 bits per heavy atom. The van der Waals surface area contributed by atoms with Crippen molar-refractivity contribution in [2.45, 2.75) is 26.3 Å². The van der Waals surface area contributed by atoms with Crippen molar-refractivity contribution in [2.24, 2.45) is 0 Å². The molecular formula is C17H17Cl2NO. The summed E-state index contributed by atoms with van der Waals surface area (Å²) in [6, 6.07) is 13.1. The van der Waals surface area contributed by atoms with E-state index < -0.39 is 0 Å². The lowest BCUT2D eigenvalue weighted by atomic mass is 10.0. The Kier molecular flexibility index (Phi) is 5.27. The molecule has 0 saturated carbocycles. The van der Waals surface area contributed by atoms with Gasteiger partial charge in [-0.15, -0.1) is 0 Å². The van der Waals surface area contributed by atoms with Gasteiger partial charge in [-0.1, -0.05) is 61.3 Å². The minimum atomic E-state index is -0.204. The molecule has 0 aliphatic carbocycles. The van der Waals surface area contributed by atoms with Crippen LogP contribution in [0.15, 0.2) is 42.5 Å². The maximum atomic E-state index is 12.1. The van der Waals surface area contributed by atoms with Crippen molar-refractivity contribution < 1.29 is 4.79 Å². The van der Waals surface area contributed by atoms with E-state index in [1.165, 1.54) is 5.56 Å². The van der Waals surface area contributed by atoms with Gasteiger partial charge in [0.1, 0.15) is 0 Å². The molecule has 0 aromatic heterocycles. The first-order chi connectivity index (χ1) is 9.97. The standard InChI is InChI=1S/C17H17Cl2NO/c1-11(2)13-5-3-12(4-6-13)10-20-17(21)15-8-7-14(18)9-16(15)19/h3-9,11H,10H2,1-2H3,(H,20,21). The van der Waals surface area contributed by atoms with Crippen LogP contribution in [0.5, 0.6) is 0 Å². The predicted molar refractivity (Wildman–Crippen MR) is 88.2 cm³/mol. The smallest absolute Gasteiger partial charge is 0.253 e. The van der Waals surface area contributed by atoms with Crippen LogP contribution in [0.1, 0.15) is 41.3 Å². The van der Waals surface area contributed by atoms with Crippen LogP contribution in [0.25, 0.3) is 0 Å². The number of halogens is 2. The van der Waals surface area contributed by atoms with E-state index in [0.717, 1.165) is 5.56 Å². The lowest BCUT2D eigenvalue weighted by Crippen LogP contribution is -2.23. The summed E-state index contributed by atoms with van der Waals surface area (Å²) in [7, 11) is 0. The summed E-state index contributed by atoms with van der Waals surface area (Å²) in [5.41, 5.74) is 2.77. The van der Waals surface area contributed by atoms with Gasteiger partial charge in [0.2, 0.25) is 0 Å². The van der Waals surface area contributed by atoms with Gasteiger partial charge in [0.05, 0.1) is 10.6 Å². The molecule has 21 heavy (non-hydrogen) atoms. The highest BCUT2D eigenvalue weighted by molar-refractivity contribution is 6.36. The lowest BCUT2D eigenvalue weighted by molar-refractivity contribution is 0.0951. The average molecular weight is 322 g/mol. The molecule has 0 unspecified atom stereocenters. The minimum absolute atomic E-state index is 0.204. The first-order valence-electron chi connectivity index (χ1n) is 6.79. The fourth-order valence-electron chi connectivity index (χ4n) is 1.97. The monoisotopic (exact) mass is 321 g/mol. The fraction of sp³-hybridized carbons (Fsp3) is 0.235. The fourth-order valence-corrected chi connectivity index (χ4v) is 2.47. The summed E-state index contributed by atoms with van der Waals surface area (Å²) in [6.45, 7) is 4.77. The van der Waals surface area contributed by atoms with Crippen molar-refractivity contribution in [3.63, 3.8) is 0 Å². The summed E-state index contributed by atoms with van der Waals surface area (Å²) < 4.78 is 0. The van der Waals surface area contributed by atoms with Crippen molar-refractivity contribution in [3.8, 4) is 0 Å². The van der Waals surface area contributed by atoms with E-state index in [0.29, 0.717) is 28.1 Å². The molecule has 0 heterocycles. The molecule has 1 amide bonds. The molecule has 110 valence electrons. The first-order valence-corrected chi connectivity index (χ1v) is 7.55. The van der Waals surface area contributed by atoms with E-state index in [2.05, 4.69) is 31.3 Å². The third-order valence-electron chi connectivity index (χ3n) is 3.28. The highest BCUT2D eigenvalue weighted by Gasteiger charge is 2.10. The Bertz CT molecular complexity index is 636. The second kappa shape index (κ2) is 6.97. The van der Waals surface area contributed by atoms with Gasteiger partial charge in [-0.25, -0.2) is 0 Å². The molecule has 0 aliphatic rings. The number of rotatable bonds is 4. The Morgan fingerprint density at radius 3 is 2.33 bits per heavy atom. The van der Waals surface area contributed by atoms with Crippen LogP contribution in [0.4, 0.5) is 0 Å². The number of carbonyl (C=O) groups excluding carboxylic acids is 1. The second-order valence-corrected chi connectivity index (χ2v) is 6.05. The van der Waals surface area contributed by atoms with Gasteiger partial charge in [-0.05, 0) is 35.2 Å². The molecule has 0 saturated heterocycles. The van der Waals surface area contributed by atoms with Gasteiger partial charge in [0, 0.05) is 11.6 Å². The maximum Gasteiger partial charge on any atom is 0.253 e. The second-order valence-electron chi connectivity index (χ2n) is 5.20. The molecule has 0 fully saturated rings. The van der Waals surface area contributed by atoms with E-state index >= 15 is 0 Å². The molecule has 2 aromatic rings. The Morgan fingerprint density at radius 2 is 1.76 bits per heavy atom. The zero-order valence-electron chi connectivity index (χ0n) is 12.0. The van der Waals surface area contributed by atoms with Crippen LogP contribution in [-0.4, -0.2) is 5.91 Å². The molecular weight excluding hydrogens is 305 g/mol. The van der Waals surface area contributed by atoms with Crippen LogP contribution >= 0.6 is 23.2 Å². The van der Waals surface area contributed by atoms with Gasteiger partial charge in [0.15, 0.2) is 0 Å². The van der Waals surface area contributed by atoms with Crippen molar-refractivity contribution in [1.82, 2.24) is 5.32 Å². The Balaban J connectivity index is 2.00. The van der Waals surface area contributed by atoms with E-state index in [-0.39, 0.29) is 5.91 Å². The van der Waals surface area contributed by atoms with E-state index in [9.17, 15) is 4.79 Å². The molecule has 2 rings (SSSR count). The third kappa shape index (κ3) is 4.23. The van der Waals surface area contributed by atoms with Crippen LogP contribution in [0.2, 0.25) is 10.0 Å². The lowest BCUT2D eigenvalue weighted by Gasteiger charge is -2.09. The Labute approximate surface area is 135 Å². The number of benzene rings is 2. The quantitative estimate of drug-likeness (QED) is 0.839. The number of nitrogens with one attached hydrogen (secondary N) is 1. The van der Waals surface area contributed by atoms with Gasteiger partial charge < -0.3 is 5.32 Å². The summed E-state index contributed by atoms with van der Waals surface area (Å²) in [5, 5.41) is 3.73. The molecule has 0 spiro atoms. The summed E-state index contributed by atoms with van der Waals surface area (Å²) in [5.74, 6) is 0.297. The van der Waals surface area contributed by atoms with E-state index in [4.69, 9.17) is 23.2 Å². The van der Waals surface area contributed by atoms with Crippen LogP contribution in [0, 0.1) is 0 Å². The molecule has 0 atom stereocenters. The van der Waals surface area contributed by atoms with Crippen molar-refractivity contribution in [3.05, 3.63) is 69.2 Å². The molecule has 0 radical (unpaired) electrons. The summed E-state index contributed by atoms with van der Waals surface area (Å²) >= 11 is 11.8. The number of amides is 1. The van der Waals surface area contributed by atoms with E-state index in [1.54, 1.807) is 18.2 Å². The highest BCUT2D eigenvalue weighted by atomic mass is 35.5. The van der Waals surface area contributed by atoms with Crippen molar-refractivity contribution >= 4 is 29.1 Å². The number of hydrogen-bond donors (Lipinski definition) is 1. The zero-order chi connectivity index (χ0) is 15.4. The Hall–Kier alpha value is -1.51. The predicted octanol–water partition coefficient (Wildman–Crippen LogP) is 5.05.